The summed E-state index contributed by atoms with van der Waals surface area (Å²) >= 11 is 3.35. The van der Waals surface area contributed by atoms with Crippen molar-refractivity contribution >= 4 is 27.4 Å². The Morgan fingerprint density at radius 1 is 1.24 bits per heavy atom. The zero-order valence-corrected chi connectivity index (χ0v) is 11.3. The Labute approximate surface area is 110 Å². The van der Waals surface area contributed by atoms with Crippen LogP contribution in [0, 0.1) is 0 Å². The Morgan fingerprint density at radius 3 is 2.82 bits per heavy atom. The van der Waals surface area contributed by atoms with E-state index < -0.39 is 0 Å². The fraction of sp³-hybridized carbons (Fsp3) is 0.357. The molecule has 0 bridgehead atoms. The smallest absolute Gasteiger partial charge is 0.190 e. The number of hydrogen-bond acceptors (Lipinski definition) is 2. The first kappa shape index (κ1) is 12.4. The van der Waals surface area contributed by atoms with Crippen molar-refractivity contribution < 1.29 is 4.79 Å². The van der Waals surface area contributed by atoms with Crippen LogP contribution in [0.25, 0.3) is 0 Å². The summed E-state index contributed by atoms with van der Waals surface area (Å²) in [6, 6.07) is 5.44. The zero-order valence-electron chi connectivity index (χ0n) is 9.71. The number of allylic oxidation sites excluding steroid dienone is 2. The maximum atomic E-state index is 12.3. The predicted molar refractivity (Wildman–Crippen MR) is 74.1 cm³/mol. The van der Waals surface area contributed by atoms with Crippen molar-refractivity contribution in [1.29, 1.82) is 0 Å². The molecule has 0 fully saturated rings. The van der Waals surface area contributed by atoms with E-state index in [0.29, 0.717) is 11.3 Å². The lowest BCUT2D eigenvalue weighted by Crippen LogP contribution is -2.06. The topological polar surface area (TPSA) is 43.1 Å². The maximum Gasteiger partial charge on any atom is 0.190 e. The number of hydrogen-bond donors (Lipinski definition) is 1. The quantitative estimate of drug-likeness (QED) is 0.659. The molecule has 0 amide bonds. The van der Waals surface area contributed by atoms with E-state index >= 15 is 0 Å². The molecule has 2 rings (SSSR count). The summed E-state index contributed by atoms with van der Waals surface area (Å²) in [6.45, 7) is 0. The van der Waals surface area contributed by atoms with Gasteiger partial charge in [0.25, 0.3) is 0 Å². The van der Waals surface area contributed by atoms with Gasteiger partial charge in [-0.3, -0.25) is 4.79 Å². The second kappa shape index (κ2) is 5.50. The van der Waals surface area contributed by atoms with Crippen molar-refractivity contribution in [2.24, 2.45) is 0 Å². The van der Waals surface area contributed by atoms with Gasteiger partial charge in [0, 0.05) is 15.7 Å². The molecule has 0 atom stereocenters. The average molecular weight is 294 g/mol. The molecule has 1 aliphatic carbocycles. The molecule has 1 aromatic carbocycles. The monoisotopic (exact) mass is 293 g/mol. The van der Waals surface area contributed by atoms with Crippen LogP contribution in [0.1, 0.15) is 42.5 Å². The van der Waals surface area contributed by atoms with Crippen LogP contribution in [0.4, 0.5) is 5.69 Å². The van der Waals surface area contributed by atoms with Crippen molar-refractivity contribution in [1.82, 2.24) is 0 Å². The normalized spacial score (nSPS) is 16.2. The van der Waals surface area contributed by atoms with E-state index in [9.17, 15) is 4.79 Å². The minimum Gasteiger partial charge on any atom is -0.398 e. The third-order valence-electron chi connectivity index (χ3n) is 3.09. The van der Waals surface area contributed by atoms with Crippen molar-refractivity contribution in [2.45, 2.75) is 32.1 Å². The van der Waals surface area contributed by atoms with E-state index in [0.717, 1.165) is 29.3 Å². The molecule has 2 N–H and O–H groups in total. The largest absolute Gasteiger partial charge is 0.398 e. The highest BCUT2D eigenvalue weighted by Crippen LogP contribution is 2.25. The van der Waals surface area contributed by atoms with Gasteiger partial charge in [0.2, 0.25) is 0 Å². The number of halogens is 1. The minimum absolute atomic E-state index is 0.0944. The number of Topliss-reactive ketones (excluding diaryl/α,β-unsaturated/α-hetero) is 1. The summed E-state index contributed by atoms with van der Waals surface area (Å²) in [7, 11) is 0. The third kappa shape index (κ3) is 2.97. The summed E-state index contributed by atoms with van der Waals surface area (Å²) in [5.74, 6) is 0.0944. The highest BCUT2D eigenvalue weighted by Gasteiger charge is 2.16. The fourth-order valence-corrected chi connectivity index (χ4v) is 2.51. The lowest BCUT2D eigenvalue weighted by molar-refractivity contribution is 0.103. The van der Waals surface area contributed by atoms with E-state index in [1.165, 1.54) is 12.8 Å². The van der Waals surface area contributed by atoms with Gasteiger partial charge in [-0.1, -0.05) is 28.4 Å². The standard InChI is InChI=1S/C14H16BrNO/c15-11-7-8-12(13(16)9-11)14(17)10-5-3-1-2-4-6-10/h5,7-9H,1-4,6,16H2. The molecule has 0 unspecified atom stereocenters. The summed E-state index contributed by atoms with van der Waals surface area (Å²) < 4.78 is 0.904. The molecule has 0 spiro atoms. The van der Waals surface area contributed by atoms with Crippen LogP contribution in [-0.2, 0) is 0 Å². The van der Waals surface area contributed by atoms with Crippen LogP contribution >= 0.6 is 15.9 Å². The van der Waals surface area contributed by atoms with Crippen molar-refractivity contribution in [2.75, 3.05) is 5.73 Å². The second-order valence-electron chi connectivity index (χ2n) is 4.39. The van der Waals surface area contributed by atoms with E-state index in [-0.39, 0.29) is 5.78 Å². The Kier molecular flexibility index (Phi) is 4.00. The average Bonchev–Trinajstić information content (AvgIpc) is 2.56. The third-order valence-corrected chi connectivity index (χ3v) is 3.58. The molecule has 0 radical (unpaired) electrons. The van der Waals surface area contributed by atoms with Gasteiger partial charge in [0.15, 0.2) is 5.78 Å². The zero-order chi connectivity index (χ0) is 12.3. The summed E-state index contributed by atoms with van der Waals surface area (Å²) in [5.41, 5.74) is 7.99. The van der Waals surface area contributed by atoms with Gasteiger partial charge in [0.1, 0.15) is 0 Å². The molecule has 0 heterocycles. The van der Waals surface area contributed by atoms with Gasteiger partial charge in [-0.2, -0.15) is 0 Å². The van der Waals surface area contributed by atoms with Gasteiger partial charge in [-0.05, 0) is 49.5 Å². The highest BCUT2D eigenvalue weighted by atomic mass is 79.9. The van der Waals surface area contributed by atoms with Crippen LogP contribution in [0.5, 0.6) is 0 Å². The molecule has 90 valence electrons. The van der Waals surface area contributed by atoms with E-state index in [1.54, 1.807) is 12.1 Å². The Bertz CT molecular complexity index is 465. The van der Waals surface area contributed by atoms with Crippen LogP contribution in [0.15, 0.2) is 34.3 Å². The number of nitrogens with two attached hydrogens (primary N) is 1. The molecule has 0 saturated carbocycles. The number of ketones is 1. The predicted octanol–water partition coefficient (Wildman–Crippen LogP) is 4.10. The minimum atomic E-state index is 0.0944. The maximum absolute atomic E-state index is 12.3. The highest BCUT2D eigenvalue weighted by molar-refractivity contribution is 9.10. The number of carbonyl (C=O) groups is 1. The van der Waals surface area contributed by atoms with Gasteiger partial charge in [0.05, 0.1) is 0 Å². The van der Waals surface area contributed by atoms with Crippen LogP contribution in [-0.4, -0.2) is 5.78 Å². The summed E-state index contributed by atoms with van der Waals surface area (Å²) in [4.78, 5) is 12.3. The van der Waals surface area contributed by atoms with Crippen molar-refractivity contribution in [3.05, 3.63) is 39.9 Å². The van der Waals surface area contributed by atoms with Gasteiger partial charge >= 0.3 is 0 Å². The van der Waals surface area contributed by atoms with Gasteiger partial charge in [-0.25, -0.2) is 0 Å². The molecular weight excluding hydrogens is 278 g/mol. The molecule has 0 aromatic heterocycles. The number of carbonyl (C=O) groups excluding carboxylic acids is 1. The van der Waals surface area contributed by atoms with Crippen LogP contribution in [0.3, 0.4) is 0 Å². The molecule has 2 nitrogen and oxygen atoms in total. The van der Waals surface area contributed by atoms with Crippen LogP contribution in [0.2, 0.25) is 0 Å². The first-order valence-electron chi connectivity index (χ1n) is 5.97. The molecule has 0 aliphatic heterocycles. The SMILES string of the molecule is Nc1cc(Br)ccc1C(=O)C1=CCCCCC1. The molecule has 1 aromatic rings. The van der Waals surface area contributed by atoms with Gasteiger partial charge < -0.3 is 5.73 Å². The number of anilines is 1. The van der Waals surface area contributed by atoms with E-state index in [4.69, 9.17) is 5.73 Å². The Hall–Kier alpha value is -1.09. The van der Waals surface area contributed by atoms with E-state index in [1.807, 2.05) is 6.07 Å². The van der Waals surface area contributed by atoms with Crippen molar-refractivity contribution in [3.8, 4) is 0 Å². The fourth-order valence-electron chi connectivity index (χ4n) is 2.13. The van der Waals surface area contributed by atoms with E-state index in [2.05, 4.69) is 22.0 Å². The lowest BCUT2D eigenvalue weighted by Gasteiger charge is -2.07. The molecule has 3 heteroatoms. The number of rotatable bonds is 2. The second-order valence-corrected chi connectivity index (χ2v) is 5.31. The Balaban J connectivity index is 2.27. The van der Waals surface area contributed by atoms with Crippen LogP contribution < -0.4 is 5.73 Å². The molecular formula is C14H16BrNO. The molecule has 17 heavy (non-hydrogen) atoms. The summed E-state index contributed by atoms with van der Waals surface area (Å²) in [6.07, 6.45) is 7.48. The number of nitrogen functional groups attached to an aromatic ring is 1. The van der Waals surface area contributed by atoms with Crippen molar-refractivity contribution in [3.63, 3.8) is 0 Å². The number of benzene rings is 1. The summed E-state index contributed by atoms with van der Waals surface area (Å²) in [5, 5.41) is 0. The van der Waals surface area contributed by atoms with Gasteiger partial charge in [-0.15, -0.1) is 0 Å². The first-order chi connectivity index (χ1) is 8.18. The lowest BCUT2D eigenvalue weighted by atomic mass is 9.98. The first-order valence-corrected chi connectivity index (χ1v) is 6.76. The Morgan fingerprint density at radius 2 is 2.06 bits per heavy atom. The molecule has 0 saturated heterocycles. The molecule has 1 aliphatic rings.